The van der Waals surface area contributed by atoms with Gasteiger partial charge in [-0.15, -0.1) is 0 Å². The van der Waals surface area contributed by atoms with Crippen molar-refractivity contribution in [3.05, 3.63) is 96.1 Å². The Bertz CT molecular complexity index is 1610. The summed E-state index contributed by atoms with van der Waals surface area (Å²) in [4.78, 5) is 0. The summed E-state index contributed by atoms with van der Waals surface area (Å²) < 4.78 is 0. The first kappa shape index (κ1) is 18.0. The SMILES string of the molecule is CCc1c2c(c(CC)c3c4ccccc4c4ccccc4c13)-c1cccc3cccc-2c13. The molecule has 0 aliphatic heterocycles. The van der Waals surface area contributed by atoms with Gasteiger partial charge in [0.1, 0.15) is 0 Å². The lowest BCUT2D eigenvalue weighted by Gasteiger charge is -2.22. The highest BCUT2D eigenvalue weighted by atomic mass is 14.3. The van der Waals surface area contributed by atoms with Gasteiger partial charge in [0.05, 0.1) is 0 Å². The van der Waals surface area contributed by atoms with Gasteiger partial charge < -0.3 is 0 Å². The summed E-state index contributed by atoms with van der Waals surface area (Å²) in [7, 11) is 0. The van der Waals surface area contributed by atoms with Gasteiger partial charge in [0.25, 0.3) is 0 Å². The summed E-state index contributed by atoms with van der Waals surface area (Å²) in [5.41, 5.74) is 8.78. The molecule has 1 aliphatic carbocycles. The number of rotatable bonds is 2. The highest BCUT2D eigenvalue weighted by Crippen LogP contribution is 2.54. The molecule has 0 heteroatoms. The fraction of sp³-hybridized carbons (Fsp3) is 0.125. The van der Waals surface area contributed by atoms with Crippen LogP contribution in [0.3, 0.4) is 0 Å². The molecule has 0 atom stereocenters. The molecule has 0 aromatic heterocycles. The molecule has 152 valence electrons. The van der Waals surface area contributed by atoms with E-state index in [0.717, 1.165) is 12.8 Å². The molecule has 1 aliphatic rings. The standard InChI is InChI=1S/C32H24/c1-3-20-29-24-15-7-5-13-22(24)23-14-6-8-16-25(23)30(29)21(4-2)32-27-18-10-12-19-11-9-17-26(28(19)27)31(20)32/h5-18H,3-4H2,1-2H3. The minimum Gasteiger partial charge on any atom is -0.0616 e. The molecule has 0 N–H and O–H groups in total. The van der Waals surface area contributed by atoms with Gasteiger partial charge in [0.2, 0.25) is 0 Å². The van der Waals surface area contributed by atoms with Crippen LogP contribution >= 0.6 is 0 Å². The molecular formula is C32H24. The third-order valence-electron chi connectivity index (χ3n) is 7.54. The second-order valence-corrected chi connectivity index (χ2v) is 8.96. The van der Waals surface area contributed by atoms with E-state index in [1.54, 1.807) is 0 Å². The fourth-order valence-corrected chi connectivity index (χ4v) is 6.38. The first-order valence-corrected chi connectivity index (χ1v) is 11.8. The Labute approximate surface area is 188 Å². The second-order valence-electron chi connectivity index (χ2n) is 8.96. The average molecular weight is 409 g/mol. The van der Waals surface area contributed by atoms with Crippen molar-refractivity contribution in [2.75, 3.05) is 0 Å². The number of fused-ring (bicyclic) bond motifs is 9. The molecule has 0 bridgehead atoms. The van der Waals surface area contributed by atoms with Crippen molar-refractivity contribution in [2.45, 2.75) is 26.7 Å². The molecule has 7 rings (SSSR count). The maximum absolute atomic E-state index is 2.34. The zero-order valence-corrected chi connectivity index (χ0v) is 18.5. The van der Waals surface area contributed by atoms with Crippen molar-refractivity contribution in [1.29, 1.82) is 0 Å². The monoisotopic (exact) mass is 408 g/mol. The molecule has 6 aromatic rings. The van der Waals surface area contributed by atoms with Crippen LogP contribution < -0.4 is 0 Å². The quantitative estimate of drug-likeness (QED) is 0.250. The Morgan fingerprint density at radius 3 is 1.31 bits per heavy atom. The summed E-state index contributed by atoms with van der Waals surface area (Å²) in [6, 6.07) is 31.7. The molecule has 0 saturated carbocycles. The van der Waals surface area contributed by atoms with Crippen molar-refractivity contribution < 1.29 is 0 Å². The predicted molar refractivity (Wildman–Crippen MR) is 140 cm³/mol. The minimum atomic E-state index is 1.02. The van der Waals surface area contributed by atoms with Gasteiger partial charge in [0.15, 0.2) is 0 Å². The van der Waals surface area contributed by atoms with Crippen molar-refractivity contribution in [3.8, 4) is 22.3 Å². The lowest BCUT2D eigenvalue weighted by atomic mass is 9.81. The van der Waals surface area contributed by atoms with E-state index in [1.807, 2.05) is 0 Å². The Morgan fingerprint density at radius 2 is 0.875 bits per heavy atom. The van der Waals surface area contributed by atoms with E-state index in [9.17, 15) is 0 Å². The van der Waals surface area contributed by atoms with Crippen LogP contribution in [0.5, 0.6) is 0 Å². The Hall–Kier alpha value is -3.64. The van der Waals surface area contributed by atoms with Crippen LogP contribution in [0.4, 0.5) is 0 Å². The topological polar surface area (TPSA) is 0 Å². The second kappa shape index (κ2) is 6.43. The summed E-state index contributed by atoms with van der Waals surface area (Å²) in [5, 5.41) is 11.2. The summed E-state index contributed by atoms with van der Waals surface area (Å²) in [5.74, 6) is 0. The van der Waals surface area contributed by atoms with Crippen molar-refractivity contribution in [2.24, 2.45) is 0 Å². The number of benzene rings is 6. The van der Waals surface area contributed by atoms with Crippen LogP contribution in [0.2, 0.25) is 0 Å². The molecule has 0 heterocycles. The molecule has 0 unspecified atom stereocenters. The lowest BCUT2D eigenvalue weighted by molar-refractivity contribution is 1.14. The van der Waals surface area contributed by atoms with E-state index in [4.69, 9.17) is 0 Å². The summed E-state index contributed by atoms with van der Waals surface area (Å²) in [6.07, 6.45) is 2.05. The minimum absolute atomic E-state index is 1.02. The summed E-state index contributed by atoms with van der Waals surface area (Å²) in [6.45, 7) is 4.65. The summed E-state index contributed by atoms with van der Waals surface area (Å²) >= 11 is 0. The van der Waals surface area contributed by atoms with E-state index in [-0.39, 0.29) is 0 Å². The van der Waals surface area contributed by atoms with E-state index in [1.165, 1.54) is 76.5 Å². The Balaban J connectivity index is 1.86. The molecule has 0 radical (unpaired) electrons. The molecule has 0 fully saturated rings. The van der Waals surface area contributed by atoms with Crippen molar-refractivity contribution in [3.63, 3.8) is 0 Å². The van der Waals surface area contributed by atoms with E-state index in [0.29, 0.717) is 0 Å². The predicted octanol–water partition coefficient (Wildman–Crippen LogP) is 9.07. The van der Waals surface area contributed by atoms with Crippen LogP contribution in [-0.4, -0.2) is 0 Å². The van der Waals surface area contributed by atoms with Gasteiger partial charge in [-0.1, -0.05) is 98.8 Å². The molecular weight excluding hydrogens is 384 g/mol. The molecule has 0 saturated heterocycles. The van der Waals surface area contributed by atoms with Crippen LogP contribution in [0.25, 0.3) is 65.3 Å². The normalized spacial score (nSPS) is 12.3. The number of aryl methyl sites for hydroxylation is 2. The van der Waals surface area contributed by atoms with Gasteiger partial charge in [-0.3, -0.25) is 0 Å². The Kier molecular flexibility index (Phi) is 3.62. The van der Waals surface area contributed by atoms with E-state index < -0.39 is 0 Å². The highest BCUT2D eigenvalue weighted by molar-refractivity contribution is 6.31. The maximum Gasteiger partial charge on any atom is -0.00262 e. The Morgan fingerprint density at radius 1 is 0.438 bits per heavy atom. The van der Waals surface area contributed by atoms with E-state index in [2.05, 4.69) is 98.8 Å². The van der Waals surface area contributed by atoms with Crippen LogP contribution in [0.1, 0.15) is 25.0 Å². The molecule has 6 aromatic carbocycles. The third kappa shape index (κ3) is 2.08. The first-order chi connectivity index (χ1) is 15.8. The smallest absolute Gasteiger partial charge is 0.00262 e. The largest absolute Gasteiger partial charge is 0.0616 e. The number of hydrogen-bond acceptors (Lipinski definition) is 0. The van der Waals surface area contributed by atoms with Crippen molar-refractivity contribution >= 4 is 43.1 Å². The fourth-order valence-electron chi connectivity index (χ4n) is 6.38. The van der Waals surface area contributed by atoms with Crippen LogP contribution in [0, 0.1) is 0 Å². The third-order valence-corrected chi connectivity index (χ3v) is 7.54. The molecule has 32 heavy (non-hydrogen) atoms. The van der Waals surface area contributed by atoms with Crippen LogP contribution in [-0.2, 0) is 12.8 Å². The molecule has 0 spiro atoms. The molecule has 0 nitrogen and oxygen atoms in total. The van der Waals surface area contributed by atoms with Crippen molar-refractivity contribution in [1.82, 2.24) is 0 Å². The molecule has 0 amide bonds. The maximum atomic E-state index is 2.34. The zero-order valence-electron chi connectivity index (χ0n) is 18.5. The number of hydrogen-bond donors (Lipinski definition) is 0. The zero-order chi connectivity index (χ0) is 21.4. The first-order valence-electron chi connectivity index (χ1n) is 11.8. The van der Waals surface area contributed by atoms with Gasteiger partial charge in [0, 0.05) is 0 Å². The van der Waals surface area contributed by atoms with Gasteiger partial charge in [-0.2, -0.15) is 0 Å². The van der Waals surface area contributed by atoms with Gasteiger partial charge in [-0.25, -0.2) is 0 Å². The lowest BCUT2D eigenvalue weighted by Crippen LogP contribution is -1.99. The average Bonchev–Trinajstić information content (AvgIpc) is 3.19. The van der Waals surface area contributed by atoms with Gasteiger partial charge >= 0.3 is 0 Å². The van der Waals surface area contributed by atoms with Crippen LogP contribution in [0.15, 0.2) is 84.9 Å². The van der Waals surface area contributed by atoms with Gasteiger partial charge in [-0.05, 0) is 89.3 Å². The highest BCUT2D eigenvalue weighted by Gasteiger charge is 2.29. The van der Waals surface area contributed by atoms with E-state index >= 15 is 0 Å².